The third-order valence-electron chi connectivity index (χ3n) is 3.89. The van der Waals surface area contributed by atoms with Crippen molar-refractivity contribution in [3.63, 3.8) is 0 Å². The Morgan fingerprint density at radius 3 is 2.74 bits per heavy atom. The Morgan fingerprint density at radius 1 is 1.47 bits per heavy atom. The molecule has 1 aliphatic heterocycles. The first-order valence-electron chi connectivity index (χ1n) is 7.13. The summed E-state index contributed by atoms with van der Waals surface area (Å²) in [6, 6.07) is 0. The highest BCUT2D eigenvalue weighted by atomic mass is 16.4. The van der Waals surface area contributed by atoms with Crippen LogP contribution in [0.4, 0.5) is 0 Å². The summed E-state index contributed by atoms with van der Waals surface area (Å²) >= 11 is 0. The van der Waals surface area contributed by atoms with Crippen LogP contribution in [-0.4, -0.2) is 35.0 Å². The third-order valence-corrected chi connectivity index (χ3v) is 3.89. The highest BCUT2D eigenvalue weighted by Gasteiger charge is 2.28. The lowest BCUT2D eigenvalue weighted by Gasteiger charge is -2.35. The topological polar surface area (TPSA) is 57.6 Å². The number of amides is 1. The maximum absolute atomic E-state index is 12.2. The number of piperidine rings is 1. The van der Waals surface area contributed by atoms with Crippen molar-refractivity contribution in [2.75, 3.05) is 13.1 Å². The predicted octanol–water partition coefficient (Wildman–Crippen LogP) is 2.69. The number of likely N-dealkylation sites (tertiary alicyclic amines) is 1. The van der Waals surface area contributed by atoms with Gasteiger partial charge in [-0.1, -0.05) is 19.9 Å². The number of carboxylic acid groups (broad SMARTS) is 1. The van der Waals surface area contributed by atoms with Gasteiger partial charge in [0, 0.05) is 25.1 Å². The second-order valence-corrected chi connectivity index (χ2v) is 5.52. The number of carbonyl (C=O) groups excluding carboxylic acids is 1. The molecule has 0 aromatic heterocycles. The van der Waals surface area contributed by atoms with E-state index in [0.717, 1.165) is 31.4 Å². The van der Waals surface area contributed by atoms with Crippen LogP contribution in [0.5, 0.6) is 0 Å². The van der Waals surface area contributed by atoms with Crippen molar-refractivity contribution in [1.29, 1.82) is 0 Å². The van der Waals surface area contributed by atoms with Crippen LogP contribution in [0, 0.1) is 11.8 Å². The number of carbonyl (C=O) groups is 2. The van der Waals surface area contributed by atoms with Crippen molar-refractivity contribution in [3.8, 4) is 0 Å². The molecule has 1 heterocycles. The van der Waals surface area contributed by atoms with E-state index in [1.54, 1.807) is 0 Å². The molecule has 0 spiro atoms. The van der Waals surface area contributed by atoms with Gasteiger partial charge in [0.25, 0.3) is 0 Å². The minimum Gasteiger partial charge on any atom is -0.481 e. The van der Waals surface area contributed by atoms with Crippen LogP contribution in [0.1, 0.15) is 46.5 Å². The van der Waals surface area contributed by atoms with Gasteiger partial charge in [0.1, 0.15) is 0 Å². The summed E-state index contributed by atoms with van der Waals surface area (Å²) in [5, 5.41) is 8.86. The first kappa shape index (κ1) is 15.7. The number of allylic oxidation sites excluding steroid dienone is 1. The van der Waals surface area contributed by atoms with Crippen LogP contribution in [0.2, 0.25) is 0 Å². The molecule has 2 atom stereocenters. The summed E-state index contributed by atoms with van der Waals surface area (Å²) in [6.07, 6.45) is 5.00. The standard InChI is InChI=1S/C15H25NO3/c1-4-6-11(2)15(19)16-8-5-7-13(10-16)12(3)9-14(17)18/h6,12-13H,4-5,7-10H2,1-3H3,(H,17,18)/b11-6-. The molecule has 2 unspecified atom stereocenters. The van der Waals surface area contributed by atoms with Crippen LogP contribution in [0.25, 0.3) is 0 Å². The highest BCUT2D eigenvalue weighted by molar-refractivity contribution is 5.92. The van der Waals surface area contributed by atoms with Crippen molar-refractivity contribution in [1.82, 2.24) is 4.90 Å². The maximum atomic E-state index is 12.2. The van der Waals surface area contributed by atoms with Gasteiger partial charge in [-0.05, 0) is 38.0 Å². The van der Waals surface area contributed by atoms with Crippen molar-refractivity contribution in [2.24, 2.45) is 11.8 Å². The number of carboxylic acids is 1. The Morgan fingerprint density at radius 2 is 2.16 bits per heavy atom. The van der Waals surface area contributed by atoms with Gasteiger partial charge in [-0.15, -0.1) is 0 Å². The van der Waals surface area contributed by atoms with Gasteiger partial charge in [0.05, 0.1) is 0 Å². The molecule has 1 amide bonds. The van der Waals surface area contributed by atoms with E-state index in [4.69, 9.17) is 5.11 Å². The molecule has 4 nitrogen and oxygen atoms in total. The zero-order valence-corrected chi connectivity index (χ0v) is 12.2. The molecule has 0 saturated carbocycles. The first-order chi connectivity index (χ1) is 8.95. The van der Waals surface area contributed by atoms with E-state index in [9.17, 15) is 9.59 Å². The minimum atomic E-state index is -0.752. The lowest BCUT2D eigenvalue weighted by molar-refractivity contribution is -0.138. The molecule has 4 heteroatoms. The number of nitrogens with zero attached hydrogens (tertiary/aromatic N) is 1. The summed E-state index contributed by atoms with van der Waals surface area (Å²) in [7, 11) is 0. The molecule has 0 radical (unpaired) electrons. The SMILES string of the molecule is CC/C=C(/C)C(=O)N1CCCC(C(C)CC(=O)O)C1. The molecule has 0 aromatic rings. The van der Waals surface area contributed by atoms with Crippen LogP contribution in [-0.2, 0) is 9.59 Å². The summed E-state index contributed by atoms with van der Waals surface area (Å²) in [5.74, 6) is -0.209. The predicted molar refractivity (Wildman–Crippen MR) is 74.8 cm³/mol. The van der Waals surface area contributed by atoms with Crippen molar-refractivity contribution >= 4 is 11.9 Å². The Kier molecular flexibility index (Phi) is 6.06. The second kappa shape index (κ2) is 7.31. The molecule has 1 aliphatic rings. The van der Waals surface area contributed by atoms with Crippen LogP contribution < -0.4 is 0 Å². The van der Waals surface area contributed by atoms with Gasteiger partial charge in [-0.25, -0.2) is 0 Å². The zero-order valence-electron chi connectivity index (χ0n) is 12.2. The molecular weight excluding hydrogens is 242 g/mol. The van der Waals surface area contributed by atoms with E-state index in [1.807, 2.05) is 31.7 Å². The molecule has 0 bridgehead atoms. The molecule has 1 saturated heterocycles. The average molecular weight is 267 g/mol. The van der Waals surface area contributed by atoms with E-state index < -0.39 is 5.97 Å². The molecule has 108 valence electrons. The molecule has 0 aliphatic carbocycles. The minimum absolute atomic E-state index is 0.106. The summed E-state index contributed by atoms with van der Waals surface area (Å²) in [6.45, 7) is 7.34. The van der Waals surface area contributed by atoms with Gasteiger partial charge in [-0.3, -0.25) is 9.59 Å². The van der Waals surface area contributed by atoms with Gasteiger partial charge < -0.3 is 10.0 Å². The third kappa shape index (κ3) is 4.69. The van der Waals surface area contributed by atoms with Crippen LogP contribution >= 0.6 is 0 Å². The molecular formula is C15H25NO3. The maximum Gasteiger partial charge on any atom is 0.303 e. The van der Waals surface area contributed by atoms with Crippen LogP contribution in [0.3, 0.4) is 0 Å². The van der Waals surface area contributed by atoms with E-state index in [0.29, 0.717) is 12.5 Å². The van der Waals surface area contributed by atoms with Gasteiger partial charge >= 0.3 is 5.97 Å². The Labute approximate surface area is 115 Å². The lowest BCUT2D eigenvalue weighted by atomic mass is 9.84. The average Bonchev–Trinajstić information content (AvgIpc) is 2.37. The zero-order chi connectivity index (χ0) is 14.4. The Hall–Kier alpha value is -1.32. The van der Waals surface area contributed by atoms with Crippen molar-refractivity contribution in [3.05, 3.63) is 11.6 Å². The molecule has 1 fully saturated rings. The number of hydrogen-bond acceptors (Lipinski definition) is 2. The number of hydrogen-bond donors (Lipinski definition) is 1. The normalized spacial score (nSPS) is 22.2. The smallest absolute Gasteiger partial charge is 0.303 e. The number of rotatable bonds is 5. The van der Waals surface area contributed by atoms with E-state index in [1.165, 1.54) is 0 Å². The lowest BCUT2D eigenvalue weighted by Crippen LogP contribution is -2.42. The summed E-state index contributed by atoms with van der Waals surface area (Å²) in [5.41, 5.74) is 0.800. The molecule has 19 heavy (non-hydrogen) atoms. The fourth-order valence-corrected chi connectivity index (χ4v) is 2.74. The van der Waals surface area contributed by atoms with Crippen molar-refractivity contribution in [2.45, 2.75) is 46.5 Å². The second-order valence-electron chi connectivity index (χ2n) is 5.52. The Bertz CT molecular complexity index is 362. The molecule has 1 rings (SSSR count). The van der Waals surface area contributed by atoms with Gasteiger partial charge in [0.2, 0.25) is 5.91 Å². The summed E-state index contributed by atoms with van der Waals surface area (Å²) < 4.78 is 0. The van der Waals surface area contributed by atoms with E-state index in [-0.39, 0.29) is 18.2 Å². The van der Waals surface area contributed by atoms with Crippen LogP contribution in [0.15, 0.2) is 11.6 Å². The van der Waals surface area contributed by atoms with E-state index >= 15 is 0 Å². The largest absolute Gasteiger partial charge is 0.481 e. The van der Waals surface area contributed by atoms with Gasteiger partial charge in [0.15, 0.2) is 0 Å². The fraction of sp³-hybridized carbons (Fsp3) is 0.733. The monoisotopic (exact) mass is 267 g/mol. The number of aliphatic carboxylic acids is 1. The quantitative estimate of drug-likeness (QED) is 0.779. The fourth-order valence-electron chi connectivity index (χ4n) is 2.74. The van der Waals surface area contributed by atoms with E-state index in [2.05, 4.69) is 0 Å². The van der Waals surface area contributed by atoms with Gasteiger partial charge in [-0.2, -0.15) is 0 Å². The molecule has 1 N–H and O–H groups in total. The van der Waals surface area contributed by atoms with Crippen molar-refractivity contribution < 1.29 is 14.7 Å². The first-order valence-corrected chi connectivity index (χ1v) is 7.13. The Balaban J connectivity index is 2.61. The highest BCUT2D eigenvalue weighted by Crippen LogP contribution is 2.26. The molecule has 0 aromatic carbocycles. The summed E-state index contributed by atoms with van der Waals surface area (Å²) in [4.78, 5) is 24.9.